The van der Waals surface area contributed by atoms with Gasteiger partial charge in [0, 0.05) is 22.5 Å². The third kappa shape index (κ3) is 4.53. The molecule has 1 heterocycles. The molecule has 0 spiro atoms. The normalized spacial score (nSPS) is 10.7. The van der Waals surface area contributed by atoms with Crippen molar-refractivity contribution in [3.8, 4) is 0 Å². The summed E-state index contributed by atoms with van der Waals surface area (Å²) in [5, 5.41) is 12.0. The fourth-order valence-corrected chi connectivity index (χ4v) is 3.59. The number of aryl methyl sites for hydroxylation is 1. The van der Waals surface area contributed by atoms with E-state index in [9.17, 15) is 4.79 Å². The van der Waals surface area contributed by atoms with Crippen molar-refractivity contribution in [3.05, 3.63) is 74.5 Å². The average molecular weight is 431 g/mol. The fraction of sp³-hybridized carbons (Fsp3) is 0.211. The Morgan fingerprint density at radius 2 is 1.77 bits per heavy atom. The number of hydrogen-bond acceptors (Lipinski definition) is 5. The summed E-state index contributed by atoms with van der Waals surface area (Å²) in [6.45, 7) is 4.49. The molecule has 1 N–H and O–H groups in total. The highest BCUT2D eigenvalue weighted by Crippen LogP contribution is 2.22. The topological polar surface area (TPSA) is 59.8 Å². The largest absolute Gasteiger partial charge is 0.334 e. The van der Waals surface area contributed by atoms with E-state index in [1.54, 1.807) is 4.57 Å². The maximum atomic E-state index is 12.7. The third-order valence-electron chi connectivity index (χ3n) is 3.83. The molecule has 5 nitrogen and oxygen atoms in total. The minimum Gasteiger partial charge on any atom is -0.334 e. The van der Waals surface area contributed by atoms with Crippen molar-refractivity contribution >= 4 is 39.2 Å². The Morgan fingerprint density at radius 3 is 2.42 bits per heavy atom. The minimum atomic E-state index is -0.165. The van der Waals surface area contributed by atoms with Crippen LogP contribution in [0, 0.1) is 6.92 Å². The van der Waals surface area contributed by atoms with Crippen LogP contribution in [0.3, 0.4) is 0 Å². The van der Waals surface area contributed by atoms with Crippen LogP contribution < -0.4 is 10.9 Å². The van der Waals surface area contributed by atoms with Crippen molar-refractivity contribution in [1.29, 1.82) is 0 Å². The molecular weight excluding hydrogens is 412 g/mol. The average Bonchev–Trinajstić information content (AvgIpc) is 2.65. The van der Waals surface area contributed by atoms with Crippen LogP contribution in [-0.4, -0.2) is 14.8 Å². The third-order valence-corrected chi connectivity index (χ3v) is 5.39. The highest BCUT2D eigenvalue weighted by Gasteiger charge is 2.12. The zero-order valence-corrected chi connectivity index (χ0v) is 17.0. The van der Waals surface area contributed by atoms with E-state index in [4.69, 9.17) is 0 Å². The lowest BCUT2D eigenvalue weighted by molar-refractivity contribution is 0.597. The van der Waals surface area contributed by atoms with E-state index in [1.165, 1.54) is 11.8 Å². The second-order valence-corrected chi connectivity index (χ2v) is 7.64. The summed E-state index contributed by atoms with van der Waals surface area (Å²) < 4.78 is 2.69. The van der Waals surface area contributed by atoms with Gasteiger partial charge in [0.1, 0.15) is 0 Å². The summed E-state index contributed by atoms with van der Waals surface area (Å²) in [6.07, 6.45) is 0. The Morgan fingerprint density at radius 1 is 1.08 bits per heavy atom. The van der Waals surface area contributed by atoms with Crippen molar-refractivity contribution in [2.75, 3.05) is 5.32 Å². The van der Waals surface area contributed by atoms with E-state index in [0.29, 0.717) is 11.7 Å². The van der Waals surface area contributed by atoms with Crippen molar-refractivity contribution in [2.24, 2.45) is 0 Å². The molecule has 0 fully saturated rings. The van der Waals surface area contributed by atoms with Gasteiger partial charge in [-0.3, -0.25) is 9.36 Å². The SMILES string of the molecule is CCn1c(SCc2ccc(Br)cc2)nnc(Nc2ccc(C)cc2)c1=O. The van der Waals surface area contributed by atoms with E-state index in [1.807, 2.05) is 62.4 Å². The van der Waals surface area contributed by atoms with Gasteiger partial charge in [-0.2, -0.15) is 0 Å². The maximum Gasteiger partial charge on any atom is 0.297 e. The molecule has 0 unspecified atom stereocenters. The van der Waals surface area contributed by atoms with Gasteiger partial charge in [-0.25, -0.2) is 0 Å². The highest BCUT2D eigenvalue weighted by atomic mass is 79.9. The van der Waals surface area contributed by atoms with Crippen LogP contribution in [0.25, 0.3) is 0 Å². The van der Waals surface area contributed by atoms with Crippen LogP contribution >= 0.6 is 27.7 Å². The molecule has 0 radical (unpaired) electrons. The van der Waals surface area contributed by atoms with E-state index in [0.717, 1.165) is 27.0 Å². The summed E-state index contributed by atoms with van der Waals surface area (Å²) in [5.41, 5.74) is 2.98. The van der Waals surface area contributed by atoms with Gasteiger partial charge >= 0.3 is 0 Å². The van der Waals surface area contributed by atoms with Crippen molar-refractivity contribution in [3.63, 3.8) is 0 Å². The molecule has 0 amide bonds. The van der Waals surface area contributed by atoms with Gasteiger partial charge in [-0.15, -0.1) is 10.2 Å². The smallest absolute Gasteiger partial charge is 0.297 e. The van der Waals surface area contributed by atoms with Gasteiger partial charge in [0.05, 0.1) is 0 Å². The number of aromatic nitrogens is 3. The molecular formula is C19H19BrN4OS. The number of anilines is 2. The van der Waals surface area contributed by atoms with Crippen LogP contribution in [0.5, 0.6) is 0 Å². The Kier molecular flexibility index (Phi) is 6.11. The summed E-state index contributed by atoms with van der Waals surface area (Å²) in [5.74, 6) is 0.968. The second-order valence-electron chi connectivity index (χ2n) is 5.79. The number of nitrogens with zero attached hydrogens (tertiary/aromatic N) is 3. The van der Waals surface area contributed by atoms with Crippen LogP contribution in [0.4, 0.5) is 11.5 Å². The lowest BCUT2D eigenvalue weighted by Crippen LogP contribution is -2.26. The summed E-state index contributed by atoms with van der Waals surface area (Å²) in [4.78, 5) is 12.7. The zero-order valence-electron chi connectivity index (χ0n) is 14.6. The number of halogens is 1. The Hall–Kier alpha value is -2.12. The van der Waals surface area contributed by atoms with Gasteiger partial charge < -0.3 is 5.32 Å². The van der Waals surface area contributed by atoms with Crippen LogP contribution in [0.15, 0.2) is 63.0 Å². The van der Waals surface area contributed by atoms with Crippen molar-refractivity contribution in [2.45, 2.75) is 31.3 Å². The molecule has 2 aromatic carbocycles. The molecule has 26 heavy (non-hydrogen) atoms. The fourth-order valence-electron chi connectivity index (χ4n) is 2.37. The highest BCUT2D eigenvalue weighted by molar-refractivity contribution is 9.10. The summed E-state index contributed by atoms with van der Waals surface area (Å²) in [6, 6.07) is 15.9. The molecule has 134 valence electrons. The molecule has 0 bridgehead atoms. The molecule has 1 aromatic heterocycles. The molecule has 3 rings (SSSR count). The monoisotopic (exact) mass is 430 g/mol. The predicted molar refractivity (Wildman–Crippen MR) is 110 cm³/mol. The quantitative estimate of drug-likeness (QED) is 0.570. The predicted octanol–water partition coefficient (Wildman–Crippen LogP) is 4.77. The van der Waals surface area contributed by atoms with Gasteiger partial charge in [-0.1, -0.05) is 57.5 Å². The molecule has 0 aliphatic heterocycles. The number of thioether (sulfide) groups is 1. The van der Waals surface area contributed by atoms with Gasteiger partial charge in [0.15, 0.2) is 5.16 Å². The van der Waals surface area contributed by atoms with Gasteiger partial charge in [0.25, 0.3) is 5.56 Å². The number of hydrogen-bond donors (Lipinski definition) is 1. The van der Waals surface area contributed by atoms with Crippen molar-refractivity contribution in [1.82, 2.24) is 14.8 Å². The van der Waals surface area contributed by atoms with E-state index < -0.39 is 0 Å². The summed E-state index contributed by atoms with van der Waals surface area (Å²) in [7, 11) is 0. The Balaban J connectivity index is 1.79. The first-order valence-electron chi connectivity index (χ1n) is 8.25. The van der Waals surface area contributed by atoms with E-state index in [-0.39, 0.29) is 11.4 Å². The van der Waals surface area contributed by atoms with Gasteiger partial charge in [-0.05, 0) is 43.7 Å². The molecule has 0 aliphatic carbocycles. The number of nitrogens with one attached hydrogen (secondary N) is 1. The molecule has 0 aliphatic rings. The molecule has 0 saturated heterocycles. The first kappa shape index (κ1) is 18.7. The Bertz CT molecular complexity index is 939. The molecule has 3 aromatic rings. The summed E-state index contributed by atoms with van der Waals surface area (Å²) >= 11 is 4.94. The second kappa shape index (κ2) is 8.51. The first-order valence-corrected chi connectivity index (χ1v) is 10.0. The van der Waals surface area contributed by atoms with E-state index in [2.05, 4.69) is 31.4 Å². The maximum absolute atomic E-state index is 12.7. The van der Waals surface area contributed by atoms with Crippen LogP contribution in [0.2, 0.25) is 0 Å². The standard InChI is InChI=1S/C19H19BrN4OS/c1-3-24-18(25)17(21-16-10-4-13(2)5-11-16)22-23-19(24)26-12-14-6-8-15(20)9-7-14/h4-11H,3,12H2,1-2H3,(H,21,22). The number of rotatable bonds is 6. The van der Waals surface area contributed by atoms with E-state index >= 15 is 0 Å². The number of benzene rings is 2. The van der Waals surface area contributed by atoms with Crippen LogP contribution in [-0.2, 0) is 12.3 Å². The lowest BCUT2D eigenvalue weighted by Gasteiger charge is -2.11. The van der Waals surface area contributed by atoms with Gasteiger partial charge in [0.2, 0.25) is 5.82 Å². The molecule has 0 saturated carbocycles. The van der Waals surface area contributed by atoms with Crippen molar-refractivity contribution < 1.29 is 0 Å². The zero-order chi connectivity index (χ0) is 18.5. The molecule has 0 atom stereocenters. The first-order chi connectivity index (χ1) is 12.6. The van der Waals surface area contributed by atoms with Crippen LogP contribution in [0.1, 0.15) is 18.1 Å². The lowest BCUT2D eigenvalue weighted by atomic mass is 10.2. The molecule has 7 heteroatoms. The Labute approximate surface area is 165 Å². The minimum absolute atomic E-state index is 0.165.